The Labute approximate surface area is 82.1 Å². The molecule has 0 saturated heterocycles. The van der Waals surface area contributed by atoms with E-state index in [2.05, 4.69) is 5.10 Å². The molecule has 0 saturated carbocycles. The summed E-state index contributed by atoms with van der Waals surface area (Å²) in [5, 5.41) is 13.9. The molecular formula is C8H15N3OS. The Morgan fingerprint density at radius 2 is 2.31 bits per heavy atom. The predicted molar refractivity (Wildman–Crippen MR) is 54.8 cm³/mol. The number of aliphatic hydroxyl groups excluding tert-OH is 1. The molecule has 0 radical (unpaired) electrons. The van der Waals surface area contributed by atoms with E-state index in [1.807, 2.05) is 14.0 Å². The Balaban J connectivity index is 2.85. The van der Waals surface area contributed by atoms with Crippen LogP contribution in [-0.2, 0) is 13.5 Å². The maximum atomic E-state index is 8.68. The van der Waals surface area contributed by atoms with Crippen LogP contribution in [0.5, 0.6) is 0 Å². The Bertz CT molecular complexity index is 285. The number of aromatic nitrogens is 2. The van der Waals surface area contributed by atoms with Gasteiger partial charge in [-0.3, -0.25) is 4.68 Å². The molecule has 0 atom stereocenters. The van der Waals surface area contributed by atoms with Crippen LogP contribution in [0.15, 0.2) is 5.03 Å². The van der Waals surface area contributed by atoms with E-state index < -0.39 is 0 Å². The van der Waals surface area contributed by atoms with E-state index in [0.29, 0.717) is 5.75 Å². The molecule has 0 aliphatic heterocycles. The van der Waals surface area contributed by atoms with E-state index in [-0.39, 0.29) is 6.61 Å². The molecule has 1 heterocycles. The zero-order valence-corrected chi connectivity index (χ0v) is 8.77. The summed E-state index contributed by atoms with van der Waals surface area (Å²) in [5.74, 6) is 0.660. The zero-order valence-electron chi connectivity index (χ0n) is 7.95. The van der Waals surface area contributed by atoms with Crippen molar-refractivity contribution in [1.29, 1.82) is 0 Å². The highest BCUT2D eigenvalue weighted by Crippen LogP contribution is 2.27. The van der Waals surface area contributed by atoms with Crippen LogP contribution < -0.4 is 5.73 Å². The maximum absolute atomic E-state index is 8.68. The van der Waals surface area contributed by atoms with E-state index in [1.165, 1.54) is 11.8 Å². The summed E-state index contributed by atoms with van der Waals surface area (Å²) in [4.78, 5) is 0. The molecule has 1 rings (SSSR count). The zero-order chi connectivity index (χ0) is 9.84. The number of thioether (sulfide) groups is 1. The highest BCUT2D eigenvalue weighted by molar-refractivity contribution is 7.99. The minimum atomic E-state index is 0.163. The number of nitrogen functional groups attached to an aromatic ring is 1. The predicted octanol–water partition coefficient (Wildman–Crippen LogP) is 0.649. The fraction of sp³-hybridized carbons (Fsp3) is 0.625. The van der Waals surface area contributed by atoms with Crippen LogP contribution in [0.25, 0.3) is 0 Å². The Morgan fingerprint density at radius 3 is 2.77 bits per heavy atom. The lowest BCUT2D eigenvalue weighted by Gasteiger charge is -2.00. The average Bonchev–Trinajstić information content (AvgIpc) is 2.39. The number of anilines is 1. The number of aliphatic hydroxyl groups is 1. The second kappa shape index (κ2) is 4.53. The summed E-state index contributed by atoms with van der Waals surface area (Å²) in [6, 6.07) is 0. The van der Waals surface area contributed by atoms with Crippen molar-refractivity contribution in [2.75, 3.05) is 18.1 Å². The number of aryl methyl sites for hydroxylation is 2. The van der Waals surface area contributed by atoms with Crippen LogP contribution in [0.4, 0.5) is 5.69 Å². The quantitative estimate of drug-likeness (QED) is 0.702. The molecule has 0 amide bonds. The molecule has 0 spiro atoms. The van der Waals surface area contributed by atoms with Crippen molar-refractivity contribution >= 4 is 17.4 Å². The highest BCUT2D eigenvalue weighted by atomic mass is 32.2. The summed E-state index contributed by atoms with van der Waals surface area (Å²) in [5.41, 5.74) is 7.56. The van der Waals surface area contributed by atoms with E-state index in [1.54, 1.807) is 4.68 Å². The molecule has 0 aliphatic carbocycles. The third-order valence-corrected chi connectivity index (χ3v) is 2.92. The van der Waals surface area contributed by atoms with Crippen molar-refractivity contribution in [2.45, 2.75) is 18.4 Å². The summed E-state index contributed by atoms with van der Waals surface area (Å²) in [6.45, 7) is 2.19. The van der Waals surface area contributed by atoms with Crippen LogP contribution in [0.3, 0.4) is 0 Å². The Morgan fingerprint density at radius 1 is 1.62 bits per heavy atom. The van der Waals surface area contributed by atoms with Crippen molar-refractivity contribution in [3.8, 4) is 0 Å². The first-order valence-electron chi connectivity index (χ1n) is 4.25. The number of hydrogen-bond acceptors (Lipinski definition) is 4. The van der Waals surface area contributed by atoms with Crippen LogP contribution >= 0.6 is 11.8 Å². The molecular weight excluding hydrogens is 186 g/mol. The SMILES string of the molecule is CCc1nn(C)c(SCCO)c1N. The van der Waals surface area contributed by atoms with Gasteiger partial charge >= 0.3 is 0 Å². The van der Waals surface area contributed by atoms with Gasteiger partial charge in [-0.1, -0.05) is 6.92 Å². The standard InChI is InChI=1S/C8H15N3OS/c1-3-6-7(9)8(11(2)10-6)13-5-4-12/h12H,3-5,9H2,1-2H3. The normalized spacial score (nSPS) is 10.7. The molecule has 13 heavy (non-hydrogen) atoms. The first-order chi connectivity index (χ1) is 6.20. The largest absolute Gasteiger partial charge is 0.396 e. The second-order valence-electron chi connectivity index (χ2n) is 2.71. The lowest BCUT2D eigenvalue weighted by molar-refractivity contribution is 0.322. The highest BCUT2D eigenvalue weighted by Gasteiger charge is 2.11. The van der Waals surface area contributed by atoms with Gasteiger partial charge in [-0.05, 0) is 6.42 Å². The maximum Gasteiger partial charge on any atom is 0.117 e. The van der Waals surface area contributed by atoms with Crippen molar-refractivity contribution < 1.29 is 5.11 Å². The molecule has 0 unspecified atom stereocenters. The van der Waals surface area contributed by atoms with Gasteiger partial charge in [-0.15, -0.1) is 11.8 Å². The molecule has 0 fully saturated rings. The van der Waals surface area contributed by atoms with E-state index in [0.717, 1.165) is 22.8 Å². The van der Waals surface area contributed by atoms with Crippen LogP contribution in [0.2, 0.25) is 0 Å². The number of hydrogen-bond donors (Lipinski definition) is 2. The van der Waals surface area contributed by atoms with Gasteiger partial charge < -0.3 is 10.8 Å². The minimum Gasteiger partial charge on any atom is -0.396 e. The average molecular weight is 201 g/mol. The first-order valence-corrected chi connectivity index (χ1v) is 5.24. The van der Waals surface area contributed by atoms with Crippen LogP contribution in [0.1, 0.15) is 12.6 Å². The number of nitrogens with two attached hydrogens (primary N) is 1. The smallest absolute Gasteiger partial charge is 0.117 e. The van der Waals surface area contributed by atoms with Crippen molar-refractivity contribution in [3.63, 3.8) is 0 Å². The van der Waals surface area contributed by atoms with Gasteiger partial charge in [0.2, 0.25) is 0 Å². The molecule has 1 aromatic rings. The van der Waals surface area contributed by atoms with E-state index >= 15 is 0 Å². The molecule has 74 valence electrons. The van der Waals surface area contributed by atoms with Gasteiger partial charge in [0.25, 0.3) is 0 Å². The molecule has 1 aromatic heterocycles. The Kier molecular flexibility index (Phi) is 3.62. The second-order valence-corrected chi connectivity index (χ2v) is 3.80. The lowest BCUT2D eigenvalue weighted by atomic mass is 10.3. The topological polar surface area (TPSA) is 64.1 Å². The van der Waals surface area contributed by atoms with Gasteiger partial charge in [0.05, 0.1) is 18.0 Å². The summed E-state index contributed by atoms with van der Waals surface area (Å²) in [7, 11) is 1.87. The molecule has 3 N–H and O–H groups in total. The van der Waals surface area contributed by atoms with E-state index in [9.17, 15) is 0 Å². The lowest BCUT2D eigenvalue weighted by Crippen LogP contribution is -1.96. The molecule has 0 aliphatic rings. The van der Waals surface area contributed by atoms with E-state index in [4.69, 9.17) is 10.8 Å². The van der Waals surface area contributed by atoms with Crippen molar-refractivity contribution in [3.05, 3.63) is 5.69 Å². The molecule has 5 heteroatoms. The fourth-order valence-corrected chi connectivity index (χ4v) is 1.94. The van der Waals surface area contributed by atoms with Gasteiger partial charge in [-0.2, -0.15) is 5.10 Å². The summed E-state index contributed by atoms with van der Waals surface area (Å²) in [6.07, 6.45) is 0.847. The fourth-order valence-electron chi connectivity index (χ4n) is 1.15. The summed E-state index contributed by atoms with van der Waals surface area (Å²) < 4.78 is 1.77. The third-order valence-electron chi connectivity index (χ3n) is 1.77. The molecule has 0 aromatic carbocycles. The number of rotatable bonds is 4. The minimum absolute atomic E-state index is 0.163. The number of nitrogens with zero attached hydrogens (tertiary/aromatic N) is 2. The van der Waals surface area contributed by atoms with Gasteiger partial charge in [0.15, 0.2) is 0 Å². The van der Waals surface area contributed by atoms with Gasteiger partial charge in [-0.25, -0.2) is 0 Å². The first kappa shape index (κ1) is 10.4. The van der Waals surface area contributed by atoms with Crippen LogP contribution in [0, 0.1) is 0 Å². The Hall–Kier alpha value is -0.680. The monoisotopic (exact) mass is 201 g/mol. The van der Waals surface area contributed by atoms with Crippen molar-refractivity contribution in [2.24, 2.45) is 7.05 Å². The van der Waals surface area contributed by atoms with Gasteiger partial charge in [0, 0.05) is 12.8 Å². The van der Waals surface area contributed by atoms with Crippen LogP contribution in [-0.4, -0.2) is 27.2 Å². The third kappa shape index (κ3) is 2.16. The van der Waals surface area contributed by atoms with Crippen molar-refractivity contribution in [1.82, 2.24) is 9.78 Å². The molecule has 0 bridgehead atoms. The molecule has 4 nitrogen and oxygen atoms in total. The van der Waals surface area contributed by atoms with Gasteiger partial charge in [0.1, 0.15) is 5.03 Å². The summed E-state index contributed by atoms with van der Waals surface area (Å²) >= 11 is 1.54.